The Morgan fingerprint density at radius 2 is 1.56 bits per heavy atom. The number of esters is 1. The Morgan fingerprint density at radius 3 is 2.15 bits per heavy atom. The van der Waals surface area contributed by atoms with E-state index in [2.05, 4.69) is 48.5 Å². The molecule has 0 aromatic heterocycles. The number of aliphatic hydroxyl groups excluding tert-OH is 1. The SMILES string of the molecule is CC(C)C1=C2[C@H]3CC[C@@H]4[C@@]5(C)CC[C@H](OC(=O)CC(C)(C)C(=O)O)C(C)(C)C5(S)CC[C@@]4(C)[C@]3(C)CC[C@@]2([C@H](O)CN(Cc2ccc(Cl)cc2)C(=O)CN(C)C)CC1=O. The fourth-order valence-electron chi connectivity index (χ4n) is 13.6. The first-order chi connectivity index (χ1) is 27.2. The minimum atomic E-state index is -1.22. The number of aliphatic hydroxyl groups is 1. The van der Waals surface area contributed by atoms with Gasteiger partial charge in [0, 0.05) is 40.1 Å². The molecule has 0 radical (unpaired) electrons. The van der Waals surface area contributed by atoms with E-state index in [1.807, 2.05) is 43.3 Å². The van der Waals surface area contributed by atoms with Crippen LogP contribution in [0.5, 0.6) is 0 Å². The molecular formula is C48H71ClN2O7S. The van der Waals surface area contributed by atoms with Gasteiger partial charge in [0.2, 0.25) is 5.91 Å². The van der Waals surface area contributed by atoms with E-state index < -0.39 is 39.0 Å². The molecule has 2 N–H and O–H groups in total. The van der Waals surface area contributed by atoms with Gasteiger partial charge in [-0.25, -0.2) is 0 Å². The molecule has 0 aliphatic heterocycles. The molecule has 328 valence electrons. The number of carbonyl (C=O) groups is 4. The molecule has 0 spiro atoms. The van der Waals surface area contributed by atoms with Crippen LogP contribution < -0.4 is 0 Å². The zero-order chi connectivity index (χ0) is 43.9. The number of Topliss-reactive ketones (excluding diaryl/α,β-unsaturated/α-hetero) is 1. The third kappa shape index (κ3) is 7.33. The number of allylic oxidation sites excluding steroid dienone is 1. The summed E-state index contributed by atoms with van der Waals surface area (Å²) in [5, 5.41) is 23.0. The summed E-state index contributed by atoms with van der Waals surface area (Å²) in [6.45, 7) is 19.8. The first kappa shape index (κ1) is 46.1. The number of hydrogen-bond donors (Lipinski definition) is 3. The summed E-state index contributed by atoms with van der Waals surface area (Å²) in [5.74, 6) is -0.999. The van der Waals surface area contributed by atoms with Gasteiger partial charge in [-0.05, 0) is 137 Å². The molecule has 4 saturated carbocycles. The maximum absolute atomic E-state index is 14.3. The molecule has 6 rings (SSSR count). The lowest BCUT2D eigenvalue weighted by atomic mass is 9.32. The van der Waals surface area contributed by atoms with E-state index in [4.69, 9.17) is 29.0 Å². The number of fused-ring (bicyclic) bond motifs is 7. The van der Waals surface area contributed by atoms with Crippen LogP contribution in [0.2, 0.25) is 5.02 Å². The van der Waals surface area contributed by atoms with Gasteiger partial charge in [0.1, 0.15) is 6.10 Å². The molecule has 5 aliphatic rings. The number of carbonyl (C=O) groups excluding carboxylic acids is 3. The molecule has 5 aliphatic carbocycles. The highest BCUT2D eigenvalue weighted by molar-refractivity contribution is 7.82. The summed E-state index contributed by atoms with van der Waals surface area (Å²) in [7, 11) is 3.74. The van der Waals surface area contributed by atoms with Gasteiger partial charge in [-0.3, -0.25) is 19.2 Å². The molecule has 0 saturated heterocycles. The third-order valence-electron chi connectivity index (χ3n) is 17.3. The first-order valence-corrected chi connectivity index (χ1v) is 22.8. The molecule has 1 unspecified atom stereocenters. The lowest BCUT2D eigenvalue weighted by molar-refractivity contribution is -0.223. The smallest absolute Gasteiger partial charge is 0.309 e. The minimum absolute atomic E-state index is 0.00817. The van der Waals surface area contributed by atoms with Gasteiger partial charge in [0.05, 0.1) is 24.5 Å². The maximum atomic E-state index is 14.3. The minimum Gasteiger partial charge on any atom is -0.481 e. The highest BCUT2D eigenvalue weighted by Crippen LogP contribution is 2.78. The van der Waals surface area contributed by atoms with Crippen molar-refractivity contribution in [3.8, 4) is 0 Å². The number of carboxylic acid groups (broad SMARTS) is 1. The lowest BCUT2D eigenvalue weighted by Crippen LogP contribution is -2.71. The van der Waals surface area contributed by atoms with Crippen molar-refractivity contribution < 1.29 is 34.1 Å². The van der Waals surface area contributed by atoms with Crippen molar-refractivity contribution in [1.29, 1.82) is 0 Å². The predicted octanol–water partition coefficient (Wildman–Crippen LogP) is 9.04. The Hall–Kier alpha value is -2.40. The average molecular weight is 856 g/mol. The largest absolute Gasteiger partial charge is 0.481 e. The molecule has 0 heterocycles. The molecule has 11 heteroatoms. The molecule has 9 atom stereocenters. The van der Waals surface area contributed by atoms with E-state index in [1.165, 1.54) is 0 Å². The monoisotopic (exact) mass is 854 g/mol. The van der Waals surface area contributed by atoms with Crippen molar-refractivity contribution in [3.05, 3.63) is 46.0 Å². The van der Waals surface area contributed by atoms with Crippen LogP contribution in [-0.2, 0) is 30.5 Å². The Balaban J connectivity index is 1.32. The number of nitrogens with zero attached hydrogens (tertiary/aromatic N) is 2. The fraction of sp³-hybridized carbons (Fsp3) is 0.750. The van der Waals surface area contributed by atoms with Gasteiger partial charge in [0.15, 0.2) is 5.78 Å². The van der Waals surface area contributed by atoms with Gasteiger partial charge < -0.3 is 24.7 Å². The molecule has 59 heavy (non-hydrogen) atoms. The molecule has 1 aromatic rings. The first-order valence-electron chi connectivity index (χ1n) is 22.0. The van der Waals surface area contributed by atoms with E-state index in [-0.39, 0.29) is 71.8 Å². The van der Waals surface area contributed by atoms with Crippen molar-refractivity contribution in [2.45, 2.75) is 150 Å². The number of ether oxygens (including phenoxy) is 1. The Morgan fingerprint density at radius 1 is 0.932 bits per heavy atom. The number of hydrogen-bond acceptors (Lipinski definition) is 8. The van der Waals surface area contributed by atoms with Crippen molar-refractivity contribution in [2.24, 2.45) is 50.2 Å². The van der Waals surface area contributed by atoms with Crippen molar-refractivity contribution in [1.82, 2.24) is 9.80 Å². The number of carboxylic acids is 1. The van der Waals surface area contributed by atoms with E-state index in [0.29, 0.717) is 30.3 Å². The van der Waals surface area contributed by atoms with Crippen LogP contribution in [0.4, 0.5) is 0 Å². The van der Waals surface area contributed by atoms with E-state index in [9.17, 15) is 29.4 Å². The van der Waals surface area contributed by atoms with Gasteiger partial charge in [-0.15, -0.1) is 0 Å². The second-order valence-corrected chi connectivity index (χ2v) is 23.0. The number of aliphatic carboxylic acids is 1. The number of halogens is 1. The van der Waals surface area contributed by atoms with Gasteiger partial charge in [-0.1, -0.05) is 77.8 Å². The van der Waals surface area contributed by atoms with Gasteiger partial charge in [-0.2, -0.15) is 12.6 Å². The zero-order valence-electron chi connectivity index (χ0n) is 37.5. The summed E-state index contributed by atoms with van der Waals surface area (Å²) in [5.41, 5.74) is 0.108. The number of ketones is 1. The van der Waals surface area contributed by atoms with Crippen LogP contribution >= 0.6 is 24.2 Å². The van der Waals surface area contributed by atoms with Crippen LogP contribution in [0.25, 0.3) is 0 Å². The average Bonchev–Trinajstić information content (AvgIpc) is 3.45. The Kier molecular flexibility index (Phi) is 12.3. The van der Waals surface area contributed by atoms with Gasteiger partial charge in [0.25, 0.3) is 0 Å². The quantitative estimate of drug-likeness (QED) is 0.141. The fourth-order valence-corrected chi connectivity index (χ4v) is 14.2. The summed E-state index contributed by atoms with van der Waals surface area (Å²) >= 11 is 11.9. The standard InChI is InChI=1S/C48H71ClN2O7S/c1-29(2)39-33(52)24-47(35(53)27-51(37(54)28-50(10)11)26-30-12-14-31(49)15-13-30)22-20-44(7)32(40(39)47)16-17-34-45(44,8)21-23-48(59)43(5,6)36(18-19-46(34,48)9)58-38(55)25-42(3,4)41(56)57/h12-15,29,32,34-36,53,59H,16-28H2,1-11H3,(H,56,57)/t32-,34+,35-,36+,44-,45-,46-,47+,48?/m1/s1. The lowest BCUT2D eigenvalue weighted by Gasteiger charge is -2.75. The zero-order valence-corrected chi connectivity index (χ0v) is 39.2. The van der Waals surface area contributed by atoms with Crippen LogP contribution in [0.1, 0.15) is 132 Å². The second-order valence-electron chi connectivity index (χ2n) is 21.8. The number of benzene rings is 1. The molecule has 1 amide bonds. The van der Waals surface area contributed by atoms with E-state index in [0.717, 1.165) is 55.2 Å². The Labute approximate surface area is 363 Å². The van der Waals surface area contributed by atoms with Gasteiger partial charge >= 0.3 is 11.9 Å². The van der Waals surface area contributed by atoms with Crippen molar-refractivity contribution in [3.63, 3.8) is 0 Å². The topological polar surface area (TPSA) is 124 Å². The molecule has 0 bridgehead atoms. The maximum Gasteiger partial charge on any atom is 0.309 e. The summed E-state index contributed by atoms with van der Waals surface area (Å²) in [6.07, 6.45) is 5.48. The second kappa shape index (κ2) is 15.7. The van der Waals surface area contributed by atoms with Crippen LogP contribution in [0.3, 0.4) is 0 Å². The Bertz CT molecular complexity index is 1880. The molecule has 1 aromatic carbocycles. The van der Waals surface area contributed by atoms with Crippen LogP contribution in [-0.4, -0.2) is 87.8 Å². The predicted molar refractivity (Wildman–Crippen MR) is 235 cm³/mol. The van der Waals surface area contributed by atoms with Crippen molar-refractivity contribution >= 4 is 47.9 Å². The summed E-state index contributed by atoms with van der Waals surface area (Å²) < 4.78 is 5.74. The molecule has 4 fully saturated rings. The van der Waals surface area contributed by atoms with Crippen molar-refractivity contribution in [2.75, 3.05) is 27.2 Å². The van der Waals surface area contributed by atoms with Crippen LogP contribution in [0.15, 0.2) is 35.4 Å². The third-order valence-corrected chi connectivity index (χ3v) is 18.8. The normalized spacial score (nSPS) is 35.7. The molecule has 9 nitrogen and oxygen atoms in total. The van der Waals surface area contributed by atoms with Crippen LogP contribution in [0, 0.1) is 50.2 Å². The summed E-state index contributed by atoms with van der Waals surface area (Å²) in [4.78, 5) is 56.9. The van der Waals surface area contributed by atoms with E-state index >= 15 is 0 Å². The van der Waals surface area contributed by atoms with E-state index in [1.54, 1.807) is 18.7 Å². The highest BCUT2D eigenvalue weighted by Gasteiger charge is 2.74. The number of rotatable bonds is 12. The summed E-state index contributed by atoms with van der Waals surface area (Å²) in [6, 6.07) is 7.48. The number of likely N-dealkylation sites (N-methyl/N-ethyl adjacent to an activating group) is 1. The number of thiol groups is 1. The molecular weight excluding hydrogens is 784 g/mol. The number of amides is 1. The highest BCUT2D eigenvalue weighted by atomic mass is 35.5.